The third-order valence-corrected chi connectivity index (χ3v) is 3.61. The van der Waals surface area contributed by atoms with Crippen LogP contribution in [0.1, 0.15) is 22.4 Å². The Hall–Kier alpha value is -3.35. The first kappa shape index (κ1) is 16.5. The molecule has 3 aromatic rings. The van der Waals surface area contributed by atoms with Gasteiger partial charge in [0.15, 0.2) is 0 Å². The van der Waals surface area contributed by atoms with Crippen LogP contribution in [0.4, 0.5) is 17.2 Å². The van der Waals surface area contributed by atoms with Gasteiger partial charge in [-0.3, -0.25) is 4.99 Å². The Bertz CT molecular complexity index is 960. The first-order chi connectivity index (χ1) is 12.0. The SMILES string of the molecule is Cc1ccc(C)c(N=Cc2cc(N=Nc3nonc3C)ccc2O)c1. The second kappa shape index (κ2) is 7.04. The van der Waals surface area contributed by atoms with Gasteiger partial charge in [-0.05, 0) is 61.3 Å². The van der Waals surface area contributed by atoms with Crippen LogP contribution in [0.3, 0.4) is 0 Å². The highest BCUT2D eigenvalue weighted by atomic mass is 16.6. The third kappa shape index (κ3) is 3.95. The molecule has 1 aromatic heterocycles. The molecule has 126 valence electrons. The van der Waals surface area contributed by atoms with E-state index in [1.807, 2.05) is 32.0 Å². The molecule has 0 bridgehead atoms. The summed E-state index contributed by atoms with van der Waals surface area (Å²) in [5.41, 5.74) is 4.71. The minimum Gasteiger partial charge on any atom is -0.507 e. The van der Waals surface area contributed by atoms with Crippen LogP contribution in [0.5, 0.6) is 5.75 Å². The standard InChI is InChI=1S/C18H17N5O2/c1-11-4-5-12(2)16(8-11)19-10-14-9-15(6-7-17(14)24)20-21-18-13(3)22-25-23-18/h4-10,24H,1-3H3. The fourth-order valence-corrected chi connectivity index (χ4v) is 2.13. The molecule has 0 aliphatic rings. The topological polar surface area (TPSA) is 96.2 Å². The molecular formula is C18H17N5O2. The third-order valence-electron chi connectivity index (χ3n) is 3.61. The molecule has 0 radical (unpaired) electrons. The second-order valence-corrected chi connectivity index (χ2v) is 5.66. The van der Waals surface area contributed by atoms with E-state index >= 15 is 0 Å². The average Bonchev–Trinajstić information content (AvgIpc) is 3.01. The molecular weight excluding hydrogens is 318 g/mol. The normalized spacial score (nSPS) is 11.6. The summed E-state index contributed by atoms with van der Waals surface area (Å²) < 4.78 is 4.57. The Kier molecular flexibility index (Phi) is 4.65. The number of aliphatic imine (C=N–C) groups is 1. The van der Waals surface area contributed by atoms with Gasteiger partial charge in [0.05, 0.1) is 11.4 Å². The van der Waals surface area contributed by atoms with Crippen molar-refractivity contribution >= 4 is 23.4 Å². The maximum absolute atomic E-state index is 10.0. The molecule has 0 aliphatic heterocycles. The number of rotatable bonds is 4. The van der Waals surface area contributed by atoms with Crippen LogP contribution in [0.2, 0.25) is 0 Å². The molecule has 2 aromatic carbocycles. The molecule has 0 saturated heterocycles. The largest absolute Gasteiger partial charge is 0.507 e. The fraction of sp³-hybridized carbons (Fsp3) is 0.167. The number of hydrogen-bond acceptors (Lipinski definition) is 7. The molecule has 1 N–H and O–H groups in total. The van der Waals surface area contributed by atoms with Gasteiger partial charge in [0.1, 0.15) is 11.4 Å². The van der Waals surface area contributed by atoms with Gasteiger partial charge < -0.3 is 5.11 Å². The quantitative estimate of drug-likeness (QED) is 0.543. The van der Waals surface area contributed by atoms with Crippen LogP contribution in [-0.4, -0.2) is 21.6 Å². The zero-order valence-electron chi connectivity index (χ0n) is 14.1. The molecule has 7 heteroatoms. The fourth-order valence-electron chi connectivity index (χ4n) is 2.13. The van der Waals surface area contributed by atoms with Crippen LogP contribution in [-0.2, 0) is 0 Å². The Morgan fingerprint density at radius 1 is 1.00 bits per heavy atom. The zero-order chi connectivity index (χ0) is 17.8. The maximum atomic E-state index is 10.0. The summed E-state index contributed by atoms with van der Waals surface area (Å²) in [5.74, 6) is 0.436. The molecule has 25 heavy (non-hydrogen) atoms. The highest BCUT2D eigenvalue weighted by molar-refractivity contribution is 5.86. The number of hydrogen-bond donors (Lipinski definition) is 1. The van der Waals surface area contributed by atoms with Gasteiger partial charge in [0.25, 0.3) is 0 Å². The van der Waals surface area contributed by atoms with E-state index in [4.69, 9.17) is 0 Å². The van der Waals surface area contributed by atoms with Gasteiger partial charge in [-0.15, -0.1) is 10.2 Å². The summed E-state index contributed by atoms with van der Waals surface area (Å²) in [5, 5.41) is 25.4. The number of aromatic hydroxyl groups is 1. The molecule has 0 spiro atoms. The van der Waals surface area contributed by atoms with E-state index in [0.29, 0.717) is 22.8 Å². The van der Waals surface area contributed by atoms with Gasteiger partial charge in [-0.2, -0.15) is 0 Å². The molecule has 3 rings (SSSR count). The Morgan fingerprint density at radius 2 is 1.84 bits per heavy atom. The number of phenolic OH excluding ortho intramolecular Hbond substituents is 1. The van der Waals surface area contributed by atoms with Gasteiger partial charge in [-0.1, -0.05) is 17.3 Å². The van der Waals surface area contributed by atoms with Gasteiger partial charge in [-0.25, -0.2) is 4.63 Å². The van der Waals surface area contributed by atoms with Gasteiger partial charge >= 0.3 is 0 Å². The van der Waals surface area contributed by atoms with Crippen LogP contribution in [0, 0.1) is 20.8 Å². The molecule has 0 unspecified atom stereocenters. The van der Waals surface area contributed by atoms with E-state index in [9.17, 15) is 5.11 Å². The van der Waals surface area contributed by atoms with E-state index < -0.39 is 0 Å². The lowest BCUT2D eigenvalue weighted by Crippen LogP contribution is -1.83. The summed E-state index contributed by atoms with van der Waals surface area (Å²) in [4.78, 5) is 4.47. The van der Waals surface area contributed by atoms with Crippen molar-refractivity contribution in [3.63, 3.8) is 0 Å². The van der Waals surface area contributed by atoms with Crippen molar-refractivity contribution in [3.05, 3.63) is 58.8 Å². The van der Waals surface area contributed by atoms with Crippen LogP contribution >= 0.6 is 0 Å². The van der Waals surface area contributed by atoms with E-state index in [0.717, 1.165) is 16.8 Å². The lowest BCUT2D eigenvalue weighted by molar-refractivity contribution is 0.305. The van der Waals surface area contributed by atoms with Crippen molar-refractivity contribution in [1.29, 1.82) is 0 Å². The lowest BCUT2D eigenvalue weighted by Gasteiger charge is -2.03. The van der Waals surface area contributed by atoms with Crippen molar-refractivity contribution in [2.45, 2.75) is 20.8 Å². The lowest BCUT2D eigenvalue weighted by atomic mass is 10.1. The monoisotopic (exact) mass is 335 g/mol. The smallest absolute Gasteiger partial charge is 0.240 e. The molecule has 0 fully saturated rings. The summed E-state index contributed by atoms with van der Waals surface area (Å²) in [6.07, 6.45) is 1.61. The Morgan fingerprint density at radius 3 is 2.60 bits per heavy atom. The molecule has 1 heterocycles. The predicted octanol–water partition coefficient (Wildman–Crippen LogP) is 4.87. The van der Waals surface area contributed by atoms with E-state index in [2.05, 4.69) is 30.2 Å². The number of azo groups is 1. The number of nitrogens with zero attached hydrogens (tertiary/aromatic N) is 5. The van der Waals surface area contributed by atoms with Crippen molar-refractivity contribution in [2.75, 3.05) is 0 Å². The maximum Gasteiger partial charge on any atom is 0.240 e. The van der Waals surface area contributed by atoms with Crippen molar-refractivity contribution in [3.8, 4) is 5.75 Å². The molecule has 7 nitrogen and oxygen atoms in total. The summed E-state index contributed by atoms with van der Waals surface area (Å²) in [7, 11) is 0. The van der Waals surface area contributed by atoms with Gasteiger partial charge in [0, 0.05) is 11.8 Å². The molecule has 0 aliphatic carbocycles. The van der Waals surface area contributed by atoms with Crippen molar-refractivity contribution in [2.24, 2.45) is 15.2 Å². The van der Waals surface area contributed by atoms with E-state index in [1.54, 1.807) is 31.3 Å². The Labute approximate surface area is 144 Å². The molecule has 0 amide bonds. The number of aromatic nitrogens is 2. The van der Waals surface area contributed by atoms with Crippen LogP contribution in [0.25, 0.3) is 0 Å². The minimum atomic E-state index is 0.118. The molecule has 0 saturated carbocycles. The first-order valence-corrected chi connectivity index (χ1v) is 7.68. The van der Waals surface area contributed by atoms with Crippen LogP contribution in [0.15, 0.2) is 56.2 Å². The predicted molar refractivity (Wildman–Crippen MR) is 94.5 cm³/mol. The number of aryl methyl sites for hydroxylation is 3. The summed E-state index contributed by atoms with van der Waals surface area (Å²) in [6.45, 7) is 5.73. The number of phenols is 1. The molecule has 0 atom stereocenters. The zero-order valence-corrected chi connectivity index (χ0v) is 14.1. The highest BCUT2D eigenvalue weighted by Gasteiger charge is 2.04. The second-order valence-electron chi connectivity index (χ2n) is 5.66. The van der Waals surface area contributed by atoms with Crippen molar-refractivity contribution < 1.29 is 9.74 Å². The van der Waals surface area contributed by atoms with Crippen LogP contribution < -0.4 is 0 Å². The summed E-state index contributed by atoms with van der Waals surface area (Å²) in [6, 6.07) is 10.9. The van der Waals surface area contributed by atoms with Crippen molar-refractivity contribution in [1.82, 2.24) is 10.3 Å². The average molecular weight is 335 g/mol. The Balaban J connectivity index is 1.87. The first-order valence-electron chi connectivity index (χ1n) is 7.68. The van der Waals surface area contributed by atoms with E-state index in [-0.39, 0.29) is 5.75 Å². The minimum absolute atomic E-state index is 0.118. The highest BCUT2D eigenvalue weighted by Crippen LogP contribution is 2.26. The van der Waals surface area contributed by atoms with Gasteiger partial charge in [0.2, 0.25) is 5.82 Å². The van der Waals surface area contributed by atoms with E-state index in [1.165, 1.54) is 0 Å². The summed E-state index contributed by atoms with van der Waals surface area (Å²) >= 11 is 0. The number of benzene rings is 2.